The second kappa shape index (κ2) is 3.41. The number of benzene rings is 1. The van der Waals surface area contributed by atoms with Gasteiger partial charge in [0.15, 0.2) is 5.78 Å². The largest absolute Gasteiger partial charge is 0.294 e. The van der Waals surface area contributed by atoms with Gasteiger partial charge in [-0.05, 0) is 19.3 Å². The quantitative estimate of drug-likeness (QED) is 0.523. The van der Waals surface area contributed by atoms with Gasteiger partial charge in [-0.2, -0.15) is 0 Å². The van der Waals surface area contributed by atoms with Crippen LogP contribution in [0.3, 0.4) is 0 Å². The molecule has 1 aromatic carbocycles. The Morgan fingerprint density at radius 1 is 1.29 bits per heavy atom. The summed E-state index contributed by atoms with van der Waals surface area (Å²) in [7, 11) is 0. The third-order valence-electron chi connectivity index (χ3n) is 2.82. The van der Waals surface area contributed by atoms with Crippen molar-refractivity contribution in [1.29, 1.82) is 0 Å². The molecule has 1 heteroatoms. The van der Waals surface area contributed by atoms with Gasteiger partial charge in [-0.15, -0.1) is 0 Å². The molecular weight excluding hydrogens is 172 g/mol. The van der Waals surface area contributed by atoms with Crippen LogP contribution in [0.4, 0.5) is 0 Å². The molecule has 0 heterocycles. The van der Waals surface area contributed by atoms with Crippen molar-refractivity contribution in [1.82, 2.24) is 0 Å². The number of hydrogen-bond donors (Lipinski definition) is 0. The zero-order valence-electron chi connectivity index (χ0n) is 8.36. The zero-order chi connectivity index (χ0) is 10.1. The molecular formula is C13H14O. The summed E-state index contributed by atoms with van der Waals surface area (Å²) in [5, 5.41) is 0. The summed E-state index contributed by atoms with van der Waals surface area (Å²) in [6, 6.07) is 9.52. The number of carbonyl (C=O) groups is 1. The fraction of sp³-hybridized carbons (Fsp3) is 0.308. The number of Topliss-reactive ketones (excluding diaryl/α,β-unsaturated/α-hetero) is 1. The van der Waals surface area contributed by atoms with Crippen LogP contribution < -0.4 is 0 Å². The van der Waals surface area contributed by atoms with E-state index in [2.05, 4.69) is 6.58 Å². The third kappa shape index (κ3) is 1.63. The molecule has 1 nitrogen and oxygen atoms in total. The number of rotatable bonds is 3. The summed E-state index contributed by atoms with van der Waals surface area (Å²) in [5.41, 5.74) is 1.97. The summed E-state index contributed by atoms with van der Waals surface area (Å²) < 4.78 is 0. The van der Waals surface area contributed by atoms with E-state index in [0.717, 1.165) is 17.6 Å². The van der Waals surface area contributed by atoms with Gasteiger partial charge >= 0.3 is 0 Å². The molecule has 1 saturated carbocycles. The molecule has 0 saturated heterocycles. The van der Waals surface area contributed by atoms with Crippen LogP contribution in [0.5, 0.6) is 0 Å². The highest BCUT2D eigenvalue weighted by Crippen LogP contribution is 2.45. The Labute approximate surface area is 84.5 Å². The van der Waals surface area contributed by atoms with E-state index in [1.165, 1.54) is 0 Å². The average molecular weight is 186 g/mol. The Bertz CT molecular complexity index is 364. The highest BCUT2D eigenvalue weighted by molar-refractivity contribution is 5.99. The van der Waals surface area contributed by atoms with E-state index < -0.39 is 0 Å². The van der Waals surface area contributed by atoms with Crippen LogP contribution in [0.1, 0.15) is 23.7 Å². The van der Waals surface area contributed by atoms with Crippen LogP contribution in [0.25, 0.3) is 0 Å². The molecule has 0 aliphatic heterocycles. The minimum Gasteiger partial charge on any atom is -0.294 e. The molecule has 0 spiro atoms. The van der Waals surface area contributed by atoms with E-state index >= 15 is 0 Å². The zero-order valence-corrected chi connectivity index (χ0v) is 8.36. The molecule has 0 N–H and O–H groups in total. The number of ketones is 1. The average Bonchev–Trinajstić information content (AvgIpc) is 2.97. The highest BCUT2D eigenvalue weighted by atomic mass is 16.1. The SMILES string of the molecule is C=C(C)[C@H]1C[C@H]1C(=O)c1ccccc1. The van der Waals surface area contributed by atoms with Crippen molar-refractivity contribution in [2.75, 3.05) is 0 Å². The van der Waals surface area contributed by atoms with E-state index in [-0.39, 0.29) is 11.7 Å². The molecule has 0 unspecified atom stereocenters. The van der Waals surface area contributed by atoms with Crippen molar-refractivity contribution in [2.45, 2.75) is 13.3 Å². The lowest BCUT2D eigenvalue weighted by Crippen LogP contribution is -2.03. The number of hydrogen-bond acceptors (Lipinski definition) is 1. The molecule has 1 aliphatic carbocycles. The van der Waals surface area contributed by atoms with Crippen LogP contribution >= 0.6 is 0 Å². The first-order valence-corrected chi connectivity index (χ1v) is 4.95. The molecule has 1 aliphatic rings. The van der Waals surface area contributed by atoms with Gasteiger partial charge in [0.05, 0.1) is 0 Å². The Morgan fingerprint density at radius 2 is 1.93 bits per heavy atom. The summed E-state index contributed by atoms with van der Waals surface area (Å²) >= 11 is 0. The summed E-state index contributed by atoms with van der Waals surface area (Å²) in [6.07, 6.45) is 0.989. The number of allylic oxidation sites excluding steroid dienone is 1. The van der Waals surface area contributed by atoms with Crippen molar-refractivity contribution >= 4 is 5.78 Å². The summed E-state index contributed by atoms with van der Waals surface area (Å²) in [6.45, 7) is 5.89. The maximum Gasteiger partial charge on any atom is 0.166 e. The fourth-order valence-corrected chi connectivity index (χ4v) is 1.85. The minimum atomic E-state index is 0.204. The van der Waals surface area contributed by atoms with E-state index in [4.69, 9.17) is 0 Å². The van der Waals surface area contributed by atoms with Gasteiger partial charge in [-0.3, -0.25) is 4.79 Å². The van der Waals surface area contributed by atoms with Crippen molar-refractivity contribution in [3.63, 3.8) is 0 Å². The van der Waals surface area contributed by atoms with Gasteiger partial charge in [0.2, 0.25) is 0 Å². The molecule has 0 bridgehead atoms. The lowest BCUT2D eigenvalue weighted by atomic mass is 10.0. The van der Waals surface area contributed by atoms with E-state index in [0.29, 0.717) is 5.92 Å². The third-order valence-corrected chi connectivity index (χ3v) is 2.82. The Hall–Kier alpha value is -1.37. The van der Waals surface area contributed by atoms with Crippen LogP contribution in [-0.2, 0) is 0 Å². The van der Waals surface area contributed by atoms with Gasteiger partial charge in [-0.1, -0.05) is 42.5 Å². The lowest BCUT2D eigenvalue weighted by molar-refractivity contribution is 0.0963. The van der Waals surface area contributed by atoms with Gasteiger partial charge in [0.25, 0.3) is 0 Å². The van der Waals surface area contributed by atoms with Crippen molar-refractivity contribution in [2.24, 2.45) is 11.8 Å². The Kier molecular flexibility index (Phi) is 2.24. The lowest BCUT2D eigenvalue weighted by Gasteiger charge is -1.99. The van der Waals surface area contributed by atoms with Gasteiger partial charge in [0.1, 0.15) is 0 Å². The monoisotopic (exact) mass is 186 g/mol. The predicted molar refractivity (Wildman–Crippen MR) is 57.2 cm³/mol. The predicted octanol–water partition coefficient (Wildman–Crippen LogP) is 3.08. The molecule has 1 fully saturated rings. The van der Waals surface area contributed by atoms with Crippen molar-refractivity contribution < 1.29 is 4.79 Å². The van der Waals surface area contributed by atoms with Gasteiger partial charge < -0.3 is 0 Å². The van der Waals surface area contributed by atoms with E-state index in [1.54, 1.807) is 0 Å². The Morgan fingerprint density at radius 3 is 2.43 bits per heavy atom. The second-order valence-electron chi connectivity index (χ2n) is 4.03. The maximum absolute atomic E-state index is 11.9. The molecule has 72 valence electrons. The van der Waals surface area contributed by atoms with Crippen LogP contribution in [0.15, 0.2) is 42.5 Å². The summed E-state index contributed by atoms with van der Waals surface area (Å²) in [4.78, 5) is 11.9. The minimum absolute atomic E-state index is 0.204. The van der Waals surface area contributed by atoms with Crippen LogP contribution in [-0.4, -0.2) is 5.78 Å². The first-order valence-electron chi connectivity index (χ1n) is 4.95. The molecule has 2 rings (SSSR count). The molecule has 0 aromatic heterocycles. The standard InChI is InChI=1S/C13H14O/c1-9(2)11-8-12(11)13(14)10-6-4-3-5-7-10/h3-7,11-12H,1,8H2,2H3/t11-,12-/m1/s1. The Balaban J connectivity index is 2.09. The maximum atomic E-state index is 11.9. The van der Waals surface area contributed by atoms with E-state index in [1.807, 2.05) is 37.3 Å². The van der Waals surface area contributed by atoms with Gasteiger partial charge in [-0.25, -0.2) is 0 Å². The van der Waals surface area contributed by atoms with Crippen LogP contribution in [0.2, 0.25) is 0 Å². The highest BCUT2D eigenvalue weighted by Gasteiger charge is 2.43. The normalized spacial score (nSPS) is 24.4. The molecule has 0 amide bonds. The molecule has 1 aromatic rings. The fourth-order valence-electron chi connectivity index (χ4n) is 1.85. The molecule has 2 atom stereocenters. The summed E-state index contributed by atoms with van der Waals surface area (Å²) in [5.74, 6) is 0.913. The number of carbonyl (C=O) groups excluding carboxylic acids is 1. The van der Waals surface area contributed by atoms with E-state index in [9.17, 15) is 4.79 Å². The smallest absolute Gasteiger partial charge is 0.166 e. The first-order chi connectivity index (χ1) is 6.70. The topological polar surface area (TPSA) is 17.1 Å². The molecule has 14 heavy (non-hydrogen) atoms. The van der Waals surface area contributed by atoms with Crippen molar-refractivity contribution in [3.05, 3.63) is 48.0 Å². The molecule has 0 radical (unpaired) electrons. The van der Waals surface area contributed by atoms with Crippen LogP contribution in [0, 0.1) is 11.8 Å². The van der Waals surface area contributed by atoms with Crippen molar-refractivity contribution in [3.8, 4) is 0 Å². The first kappa shape index (κ1) is 9.20. The second-order valence-corrected chi connectivity index (χ2v) is 4.03. The van der Waals surface area contributed by atoms with Gasteiger partial charge in [0, 0.05) is 11.5 Å².